The van der Waals surface area contributed by atoms with E-state index in [0.717, 1.165) is 12.5 Å². The third-order valence-electron chi connectivity index (χ3n) is 6.33. The van der Waals surface area contributed by atoms with Gasteiger partial charge in [-0.25, -0.2) is 5.90 Å². The maximum Gasteiger partial charge on any atom is 0.0806 e. The Morgan fingerprint density at radius 2 is 1.55 bits per heavy atom. The predicted octanol–water partition coefficient (Wildman–Crippen LogP) is 1.05. The molecule has 3 aliphatic rings. The van der Waals surface area contributed by atoms with Crippen molar-refractivity contribution in [3.63, 3.8) is 0 Å². The van der Waals surface area contributed by atoms with E-state index >= 15 is 0 Å². The Balaban J connectivity index is 1.38. The zero-order chi connectivity index (χ0) is 15.3. The molecule has 0 radical (unpaired) electrons. The fourth-order valence-electron chi connectivity index (χ4n) is 4.57. The summed E-state index contributed by atoms with van der Waals surface area (Å²) in [5.41, 5.74) is 0.644. The van der Waals surface area contributed by atoms with E-state index in [0.29, 0.717) is 12.0 Å². The molecular formula is C17H34N4O. The van der Waals surface area contributed by atoms with E-state index in [4.69, 9.17) is 10.7 Å². The first-order valence-corrected chi connectivity index (χ1v) is 9.27. The number of rotatable bonds is 5. The number of nitrogens with two attached hydrogens (primary N) is 1. The summed E-state index contributed by atoms with van der Waals surface area (Å²) < 4.78 is 0. The van der Waals surface area contributed by atoms with Gasteiger partial charge >= 0.3 is 0 Å². The lowest BCUT2D eigenvalue weighted by Gasteiger charge is -2.47. The van der Waals surface area contributed by atoms with Crippen LogP contribution < -0.4 is 11.2 Å². The molecule has 3 N–H and O–H groups in total. The maximum absolute atomic E-state index is 5.14. The zero-order valence-electron chi connectivity index (χ0n) is 14.1. The van der Waals surface area contributed by atoms with Crippen molar-refractivity contribution < 1.29 is 4.84 Å². The van der Waals surface area contributed by atoms with Gasteiger partial charge in [-0.1, -0.05) is 0 Å². The summed E-state index contributed by atoms with van der Waals surface area (Å²) in [4.78, 5) is 9.97. The highest BCUT2D eigenvalue weighted by molar-refractivity contribution is 4.91. The minimum absolute atomic E-state index is 0.644. The Morgan fingerprint density at radius 3 is 2.14 bits per heavy atom. The molecular weight excluding hydrogens is 276 g/mol. The van der Waals surface area contributed by atoms with Crippen LogP contribution in [0.15, 0.2) is 0 Å². The molecule has 0 saturated carbocycles. The highest BCUT2D eigenvalue weighted by atomic mass is 16.6. The normalized spacial score (nSPS) is 28.2. The lowest BCUT2D eigenvalue weighted by Crippen LogP contribution is -2.48. The maximum atomic E-state index is 5.14. The Bertz CT molecular complexity index is 315. The van der Waals surface area contributed by atoms with Gasteiger partial charge < -0.3 is 20.0 Å². The molecule has 22 heavy (non-hydrogen) atoms. The first-order chi connectivity index (χ1) is 10.8. The average molecular weight is 310 g/mol. The van der Waals surface area contributed by atoms with Gasteiger partial charge in [-0.05, 0) is 89.1 Å². The second-order valence-corrected chi connectivity index (χ2v) is 7.71. The van der Waals surface area contributed by atoms with Crippen LogP contribution in [0.3, 0.4) is 0 Å². The topological polar surface area (TPSA) is 53.8 Å². The van der Waals surface area contributed by atoms with E-state index in [9.17, 15) is 0 Å². The van der Waals surface area contributed by atoms with Gasteiger partial charge in [-0.2, -0.15) is 0 Å². The van der Waals surface area contributed by atoms with E-state index in [-0.39, 0.29) is 0 Å². The second kappa shape index (κ2) is 8.06. The summed E-state index contributed by atoms with van der Waals surface area (Å²) in [5.74, 6) is 6.08. The summed E-state index contributed by atoms with van der Waals surface area (Å²) in [6.07, 6.45) is 8.33. The smallest absolute Gasteiger partial charge is 0.0806 e. The average Bonchev–Trinajstić information content (AvgIpc) is 2.58. The van der Waals surface area contributed by atoms with Gasteiger partial charge in [0.15, 0.2) is 0 Å². The highest BCUT2D eigenvalue weighted by Crippen LogP contribution is 2.41. The van der Waals surface area contributed by atoms with E-state index < -0.39 is 0 Å². The second-order valence-electron chi connectivity index (χ2n) is 7.71. The lowest BCUT2D eigenvalue weighted by molar-refractivity contribution is 0.0176. The van der Waals surface area contributed by atoms with Gasteiger partial charge in [0.25, 0.3) is 0 Å². The lowest BCUT2D eigenvalue weighted by atomic mass is 9.71. The molecule has 5 heteroatoms. The van der Waals surface area contributed by atoms with Crippen LogP contribution in [0.1, 0.15) is 38.5 Å². The van der Waals surface area contributed by atoms with Crippen molar-refractivity contribution >= 4 is 0 Å². The standard InChI is InChI=1S/C17H34N4O/c18-22-14-13-20-9-3-17(4-10-20)5-11-21(12-6-17)15-16-1-7-19-8-2-16/h16,19H,1-15,18H2. The molecule has 1 spiro atoms. The molecule has 0 amide bonds. The van der Waals surface area contributed by atoms with Crippen molar-refractivity contribution in [1.29, 1.82) is 0 Å². The van der Waals surface area contributed by atoms with Crippen molar-refractivity contribution in [1.82, 2.24) is 15.1 Å². The van der Waals surface area contributed by atoms with Crippen molar-refractivity contribution in [2.45, 2.75) is 38.5 Å². The minimum Gasteiger partial charge on any atom is -0.317 e. The summed E-state index contributed by atoms with van der Waals surface area (Å²) in [5, 5.41) is 3.48. The predicted molar refractivity (Wildman–Crippen MR) is 89.5 cm³/mol. The van der Waals surface area contributed by atoms with Crippen molar-refractivity contribution in [3.05, 3.63) is 0 Å². The fraction of sp³-hybridized carbons (Fsp3) is 1.00. The van der Waals surface area contributed by atoms with E-state index in [1.807, 2.05) is 0 Å². The molecule has 5 nitrogen and oxygen atoms in total. The molecule has 3 rings (SSSR count). The van der Waals surface area contributed by atoms with Crippen LogP contribution in [-0.2, 0) is 4.84 Å². The SMILES string of the molecule is NOCCN1CCC2(CC1)CCN(CC1CCNCC1)CC2. The first kappa shape index (κ1) is 16.7. The monoisotopic (exact) mass is 310 g/mol. The molecule has 0 unspecified atom stereocenters. The number of likely N-dealkylation sites (tertiary alicyclic amines) is 2. The molecule has 128 valence electrons. The molecule has 0 bridgehead atoms. The summed E-state index contributed by atoms with van der Waals surface area (Å²) >= 11 is 0. The summed E-state index contributed by atoms with van der Waals surface area (Å²) in [7, 11) is 0. The number of nitrogens with one attached hydrogen (secondary N) is 1. The molecule has 3 saturated heterocycles. The number of hydrogen-bond donors (Lipinski definition) is 2. The molecule has 0 aliphatic carbocycles. The van der Waals surface area contributed by atoms with Gasteiger partial charge in [-0.3, -0.25) is 0 Å². The Labute approximate surface area is 135 Å². The van der Waals surface area contributed by atoms with Gasteiger partial charge in [0.2, 0.25) is 0 Å². The zero-order valence-corrected chi connectivity index (χ0v) is 14.1. The van der Waals surface area contributed by atoms with Crippen LogP contribution in [0.25, 0.3) is 0 Å². The Hall–Kier alpha value is -0.200. The molecule has 3 heterocycles. The first-order valence-electron chi connectivity index (χ1n) is 9.27. The van der Waals surface area contributed by atoms with E-state index in [2.05, 4.69) is 15.1 Å². The molecule has 0 aromatic carbocycles. The largest absolute Gasteiger partial charge is 0.317 e. The van der Waals surface area contributed by atoms with Crippen LogP contribution in [0.4, 0.5) is 0 Å². The molecule has 0 aromatic rings. The molecule has 3 aliphatic heterocycles. The van der Waals surface area contributed by atoms with Crippen molar-refractivity contribution in [2.75, 3.05) is 59.0 Å². The number of hydrogen-bond acceptors (Lipinski definition) is 5. The summed E-state index contributed by atoms with van der Waals surface area (Å²) in [6, 6.07) is 0. The van der Waals surface area contributed by atoms with Crippen LogP contribution in [0.2, 0.25) is 0 Å². The van der Waals surface area contributed by atoms with Gasteiger partial charge in [0.1, 0.15) is 0 Å². The van der Waals surface area contributed by atoms with Crippen LogP contribution >= 0.6 is 0 Å². The van der Waals surface area contributed by atoms with E-state index in [1.165, 1.54) is 84.3 Å². The summed E-state index contributed by atoms with van der Waals surface area (Å²) in [6.45, 7) is 10.6. The minimum atomic E-state index is 0.644. The number of nitrogens with zero attached hydrogens (tertiary/aromatic N) is 2. The molecule has 0 atom stereocenters. The van der Waals surface area contributed by atoms with Gasteiger partial charge in [-0.15, -0.1) is 0 Å². The van der Waals surface area contributed by atoms with E-state index in [1.54, 1.807) is 0 Å². The van der Waals surface area contributed by atoms with Crippen molar-refractivity contribution in [3.8, 4) is 0 Å². The Morgan fingerprint density at radius 1 is 0.955 bits per heavy atom. The quantitative estimate of drug-likeness (QED) is 0.744. The third-order valence-corrected chi connectivity index (χ3v) is 6.33. The third kappa shape index (κ3) is 4.42. The van der Waals surface area contributed by atoms with Gasteiger partial charge in [0, 0.05) is 13.1 Å². The van der Waals surface area contributed by atoms with Crippen molar-refractivity contribution in [2.24, 2.45) is 17.2 Å². The Kier molecular flexibility index (Phi) is 6.10. The molecule has 0 aromatic heterocycles. The van der Waals surface area contributed by atoms with Crippen LogP contribution in [0.5, 0.6) is 0 Å². The molecule has 3 fully saturated rings. The van der Waals surface area contributed by atoms with Crippen LogP contribution in [-0.4, -0.2) is 68.8 Å². The number of piperidine rings is 3. The van der Waals surface area contributed by atoms with Gasteiger partial charge in [0.05, 0.1) is 6.61 Å². The fourth-order valence-corrected chi connectivity index (χ4v) is 4.57. The highest BCUT2D eigenvalue weighted by Gasteiger charge is 2.37. The van der Waals surface area contributed by atoms with Crippen LogP contribution in [0, 0.1) is 11.3 Å².